The molecule has 3 rings (SSSR count). The number of carboxylic acids is 1. The van der Waals surface area contributed by atoms with E-state index in [1.165, 1.54) is 56.9 Å². The number of carboxylic acid groups (broad SMARTS) is 1. The number of hydrogen-bond donors (Lipinski definition) is 0. The van der Waals surface area contributed by atoms with E-state index >= 15 is 0 Å². The van der Waals surface area contributed by atoms with Gasteiger partial charge in [-0.25, -0.2) is 0 Å². The summed E-state index contributed by atoms with van der Waals surface area (Å²) < 4.78 is 11.5. The first kappa shape index (κ1) is 19.9. The predicted molar refractivity (Wildman–Crippen MR) is 103 cm³/mol. The van der Waals surface area contributed by atoms with Crippen LogP contribution in [0.5, 0.6) is 5.75 Å². The first-order valence-electron chi connectivity index (χ1n) is 10.3. The summed E-state index contributed by atoms with van der Waals surface area (Å²) in [7, 11) is 0. The molecule has 2 aliphatic rings. The van der Waals surface area contributed by atoms with Gasteiger partial charge in [-0.05, 0) is 67.7 Å². The number of carbonyl (C=O) groups excluding carboxylic acids is 1. The molecule has 1 aromatic carbocycles. The fourth-order valence-corrected chi connectivity index (χ4v) is 4.64. The lowest BCUT2D eigenvalue weighted by Crippen LogP contribution is -2.28. The van der Waals surface area contributed by atoms with Crippen molar-refractivity contribution in [1.82, 2.24) is 0 Å². The summed E-state index contributed by atoms with van der Waals surface area (Å²) in [6.07, 6.45) is 12.3. The summed E-state index contributed by atoms with van der Waals surface area (Å²) in [6.45, 7) is 2.97. The van der Waals surface area contributed by atoms with Crippen molar-refractivity contribution in [1.29, 1.82) is 0 Å². The van der Waals surface area contributed by atoms with Gasteiger partial charge in [0.05, 0.1) is 6.10 Å². The third-order valence-corrected chi connectivity index (χ3v) is 6.02. The zero-order valence-corrected chi connectivity index (χ0v) is 16.4. The van der Waals surface area contributed by atoms with Crippen molar-refractivity contribution in [3.05, 3.63) is 41.5 Å². The van der Waals surface area contributed by atoms with Crippen LogP contribution in [0.3, 0.4) is 0 Å². The van der Waals surface area contributed by atoms with E-state index in [2.05, 4.69) is 6.08 Å². The average molecular weight is 371 g/mol. The molecule has 1 saturated carbocycles. The summed E-state index contributed by atoms with van der Waals surface area (Å²) in [6, 6.07) is 7.57. The van der Waals surface area contributed by atoms with E-state index in [0.29, 0.717) is 18.6 Å². The predicted octanol–water partition coefficient (Wildman–Crippen LogP) is 4.34. The Morgan fingerprint density at radius 3 is 2.56 bits per heavy atom. The Labute approximate surface area is 162 Å². The number of rotatable bonds is 8. The monoisotopic (exact) mass is 371 g/mol. The third-order valence-electron chi connectivity index (χ3n) is 6.02. The number of allylic oxidation sites excluding steroid dienone is 1. The van der Waals surface area contributed by atoms with Crippen molar-refractivity contribution < 1.29 is 19.4 Å². The van der Waals surface area contributed by atoms with Gasteiger partial charge in [0.1, 0.15) is 12.4 Å². The largest absolute Gasteiger partial charge is 0.550 e. The Morgan fingerprint density at radius 2 is 1.89 bits per heavy atom. The molecule has 1 aromatic rings. The van der Waals surface area contributed by atoms with E-state index in [1.54, 1.807) is 0 Å². The number of carbonyl (C=O) groups is 1. The molecule has 1 fully saturated rings. The Balaban J connectivity index is 1.55. The highest BCUT2D eigenvalue weighted by Gasteiger charge is 2.34. The van der Waals surface area contributed by atoms with Crippen molar-refractivity contribution in [2.75, 3.05) is 13.2 Å². The average Bonchev–Trinajstić information content (AvgIpc) is 2.67. The van der Waals surface area contributed by atoms with Gasteiger partial charge < -0.3 is 19.4 Å². The standard InChI is InChI=1S/C23H32O4/c1-2-26-21(15-22(24)25)19-8-10-20(11-9-19)27-17-18-7-6-14-23(16-18)12-4-3-5-13-23/h7-11,21H,2-6,12-17H2,1H3,(H,24,25)/p-1. The quantitative estimate of drug-likeness (QED) is 0.638. The van der Waals surface area contributed by atoms with Gasteiger partial charge in [0, 0.05) is 19.0 Å². The smallest absolute Gasteiger partial charge is 0.119 e. The fourth-order valence-electron chi connectivity index (χ4n) is 4.64. The lowest BCUT2D eigenvalue weighted by Gasteiger charge is -2.40. The number of benzene rings is 1. The first-order valence-corrected chi connectivity index (χ1v) is 10.3. The van der Waals surface area contributed by atoms with Crippen LogP contribution in [0.4, 0.5) is 0 Å². The molecule has 4 nitrogen and oxygen atoms in total. The minimum atomic E-state index is -1.10. The van der Waals surface area contributed by atoms with Gasteiger partial charge in [0.15, 0.2) is 0 Å². The SMILES string of the molecule is CCOC(CC(=O)[O-])c1ccc(OCC2=CCCC3(CCCCC3)C2)cc1. The maximum absolute atomic E-state index is 10.9. The molecule has 0 radical (unpaired) electrons. The Morgan fingerprint density at radius 1 is 1.15 bits per heavy atom. The van der Waals surface area contributed by atoms with Crippen LogP contribution in [0.25, 0.3) is 0 Å². The second-order valence-electron chi connectivity index (χ2n) is 8.02. The minimum Gasteiger partial charge on any atom is -0.550 e. The molecule has 0 saturated heterocycles. The maximum atomic E-state index is 10.9. The number of hydrogen-bond acceptors (Lipinski definition) is 4. The van der Waals surface area contributed by atoms with Gasteiger partial charge in [-0.15, -0.1) is 0 Å². The van der Waals surface area contributed by atoms with Crippen molar-refractivity contribution in [2.24, 2.45) is 5.41 Å². The minimum absolute atomic E-state index is 0.136. The summed E-state index contributed by atoms with van der Waals surface area (Å²) in [4.78, 5) is 10.9. The molecular formula is C23H31O4-. The zero-order chi connectivity index (χ0) is 19.1. The van der Waals surface area contributed by atoms with Crippen molar-refractivity contribution >= 4 is 5.97 Å². The van der Waals surface area contributed by atoms with Crippen molar-refractivity contribution in [3.8, 4) is 5.75 Å². The van der Waals surface area contributed by atoms with Crippen molar-refractivity contribution in [3.63, 3.8) is 0 Å². The van der Waals surface area contributed by atoms with Gasteiger partial charge in [-0.1, -0.05) is 37.5 Å². The van der Waals surface area contributed by atoms with Crippen LogP contribution < -0.4 is 9.84 Å². The molecule has 27 heavy (non-hydrogen) atoms. The number of ether oxygens (including phenoxy) is 2. The van der Waals surface area contributed by atoms with E-state index in [1.807, 2.05) is 31.2 Å². The second-order valence-corrected chi connectivity index (χ2v) is 8.02. The normalized spacial score (nSPS) is 20.1. The molecule has 0 heterocycles. The highest BCUT2D eigenvalue weighted by atomic mass is 16.5. The summed E-state index contributed by atoms with van der Waals surface area (Å²) in [5.41, 5.74) is 2.80. The number of aliphatic carboxylic acids is 1. The summed E-state index contributed by atoms with van der Waals surface area (Å²) in [5.74, 6) is -0.290. The molecule has 148 valence electrons. The molecule has 2 aliphatic carbocycles. The van der Waals surface area contributed by atoms with E-state index in [4.69, 9.17) is 9.47 Å². The Bertz CT molecular complexity index is 641. The van der Waals surface area contributed by atoms with E-state index in [0.717, 1.165) is 11.3 Å². The zero-order valence-electron chi connectivity index (χ0n) is 16.4. The van der Waals surface area contributed by atoms with Gasteiger partial charge in [0.25, 0.3) is 0 Å². The maximum Gasteiger partial charge on any atom is 0.119 e. The summed E-state index contributed by atoms with van der Waals surface area (Å²) in [5, 5.41) is 10.9. The summed E-state index contributed by atoms with van der Waals surface area (Å²) >= 11 is 0. The van der Waals surface area contributed by atoms with Gasteiger partial charge in [-0.3, -0.25) is 0 Å². The molecular weight excluding hydrogens is 340 g/mol. The van der Waals surface area contributed by atoms with Crippen LogP contribution in [0.1, 0.15) is 76.4 Å². The molecule has 0 aliphatic heterocycles. The van der Waals surface area contributed by atoms with Gasteiger partial charge >= 0.3 is 0 Å². The van der Waals surface area contributed by atoms with E-state index in [-0.39, 0.29) is 6.42 Å². The van der Waals surface area contributed by atoms with E-state index in [9.17, 15) is 9.90 Å². The van der Waals surface area contributed by atoms with Crippen LogP contribution >= 0.6 is 0 Å². The third kappa shape index (κ3) is 5.58. The van der Waals surface area contributed by atoms with Crippen LogP contribution in [-0.2, 0) is 9.53 Å². The second kappa shape index (κ2) is 9.41. The molecule has 1 spiro atoms. The highest BCUT2D eigenvalue weighted by Crippen LogP contribution is 2.47. The molecule has 0 N–H and O–H groups in total. The molecule has 0 bridgehead atoms. The van der Waals surface area contributed by atoms with Crippen LogP contribution in [0, 0.1) is 5.41 Å². The molecule has 0 aromatic heterocycles. The van der Waals surface area contributed by atoms with Gasteiger partial charge in [0.2, 0.25) is 0 Å². The highest BCUT2D eigenvalue weighted by molar-refractivity contribution is 5.65. The fraction of sp³-hybridized carbons (Fsp3) is 0.609. The Hall–Kier alpha value is -1.81. The topological polar surface area (TPSA) is 58.6 Å². The lowest BCUT2D eigenvalue weighted by molar-refractivity contribution is -0.307. The van der Waals surface area contributed by atoms with Crippen molar-refractivity contribution in [2.45, 2.75) is 70.8 Å². The first-order chi connectivity index (χ1) is 13.1. The van der Waals surface area contributed by atoms with Crippen LogP contribution in [-0.4, -0.2) is 19.2 Å². The van der Waals surface area contributed by atoms with E-state index < -0.39 is 12.1 Å². The molecule has 0 amide bonds. The lowest BCUT2D eigenvalue weighted by atomic mass is 9.65. The van der Waals surface area contributed by atoms with Crippen LogP contribution in [0.2, 0.25) is 0 Å². The Kier molecular flexibility index (Phi) is 6.95. The van der Waals surface area contributed by atoms with Crippen LogP contribution in [0.15, 0.2) is 35.9 Å². The molecule has 4 heteroatoms. The molecule has 1 atom stereocenters. The molecule has 1 unspecified atom stereocenters. The van der Waals surface area contributed by atoms with Gasteiger partial charge in [-0.2, -0.15) is 0 Å².